The van der Waals surface area contributed by atoms with Crippen LogP contribution in [0.5, 0.6) is 0 Å². The summed E-state index contributed by atoms with van der Waals surface area (Å²) in [5, 5.41) is 160. The second-order valence-corrected chi connectivity index (χ2v) is 22.1. The van der Waals surface area contributed by atoms with Crippen LogP contribution in [0.3, 0.4) is 0 Å². The van der Waals surface area contributed by atoms with Crippen molar-refractivity contribution >= 4 is 23.6 Å². The SMILES string of the molecule is C=C/C=C/CCC(=O)NNC(=O)CCCCCO[C@@H]1O[C@@H](C)[C@H](O)[C@@H](O[C@H]2O[C@H](CO)[C@@H](O)[C@H](O[C@H]3O[C@H](CO)[C@H](O)[C@H](O)[C@H]3O[C@@H]3O[C@@H](C)[C@H](O)[C@@H](O[C@@H]4O[C@@H](C)[C@H](O)[C@@H](O[C@H]5O[C@H](CO)[C@@H](O)[C@H](O)[C@H]5NC(C)=O)[C@H]4O)[C@H]3O)[C@H]2NC(C)=O)[C@H]1O. The molecular formula is C53H88N4O30. The molecule has 6 aliphatic rings. The lowest BCUT2D eigenvalue weighted by Crippen LogP contribution is -2.70. The number of unbranched alkanes of at least 4 members (excludes halogenated alkanes) is 2. The second-order valence-electron chi connectivity index (χ2n) is 22.1. The standard InChI is InChI=1S/C53H88N4O30/c1-7-8-9-11-14-28(63)56-57-29(64)15-12-10-13-16-76-50-40(73)44(32(65)20(2)77-50)85-49-31(55-24(6)62)43(37(70)27(19-60)81-49)83-53-47(39(72)36(69)26(18-59)82-53)87-52-42(75)46(34(67)22(4)79-52)86-51-41(74)45(33(66)21(3)78-51)84-48-30(54-23(5)61)38(71)35(68)25(17-58)80-48/h7-9,20-22,25-27,30-53,58-60,65-75H,1,10-19H2,2-6H3,(H,54,61)(H,55,62)(H,56,63)(H,57,64)/b9-8+/t20-,21-,22-,25+,26+,27+,30+,31+,32-,33-,34-,35+,36-,37+,38+,39-,40+,41+,42+,43+,44+,45+,46+,47+,48+,49+,50+,51-,52-,53+/m0/s1. The molecule has 18 N–H and O–H groups in total. The van der Waals surface area contributed by atoms with E-state index in [1.807, 2.05) is 0 Å². The monoisotopic (exact) mass is 1260 g/mol. The summed E-state index contributed by atoms with van der Waals surface area (Å²) >= 11 is 0. The number of aliphatic hydroxyl groups excluding tert-OH is 14. The molecule has 30 atom stereocenters. The number of hydrogen-bond donors (Lipinski definition) is 18. The number of nitrogens with one attached hydrogen (secondary N) is 4. The van der Waals surface area contributed by atoms with Crippen molar-refractivity contribution in [3.8, 4) is 0 Å². The van der Waals surface area contributed by atoms with Crippen LogP contribution in [0, 0.1) is 0 Å². The second kappa shape index (κ2) is 33.6. The fraction of sp³-hybridized carbons (Fsp3) is 0.849. The molecule has 6 saturated heterocycles. The first-order chi connectivity index (χ1) is 41.3. The first kappa shape index (κ1) is 72.4. The third kappa shape index (κ3) is 18.3. The van der Waals surface area contributed by atoms with Gasteiger partial charge in [-0.25, -0.2) is 0 Å². The van der Waals surface area contributed by atoms with Crippen molar-refractivity contribution in [2.45, 2.75) is 257 Å². The molecule has 0 aromatic rings. The highest BCUT2D eigenvalue weighted by atomic mass is 16.8. The Bertz CT molecular complexity index is 2210. The molecule has 500 valence electrons. The van der Waals surface area contributed by atoms with Crippen LogP contribution in [0.25, 0.3) is 0 Å². The average Bonchev–Trinajstić information content (AvgIpc) is 1.26. The first-order valence-electron chi connectivity index (χ1n) is 28.8. The van der Waals surface area contributed by atoms with Gasteiger partial charge in [0.2, 0.25) is 23.6 Å². The normalized spacial score (nSPS) is 43.5. The Morgan fingerprint density at radius 3 is 1.36 bits per heavy atom. The highest BCUT2D eigenvalue weighted by Gasteiger charge is 2.58. The molecule has 0 aliphatic carbocycles. The average molecular weight is 1260 g/mol. The number of rotatable bonds is 26. The minimum atomic E-state index is -2.15. The van der Waals surface area contributed by atoms with Crippen LogP contribution in [0.1, 0.15) is 73.1 Å². The van der Waals surface area contributed by atoms with E-state index in [4.69, 9.17) is 56.8 Å². The van der Waals surface area contributed by atoms with Gasteiger partial charge in [0.05, 0.1) is 38.1 Å². The first-order valence-corrected chi connectivity index (χ1v) is 28.8. The summed E-state index contributed by atoms with van der Waals surface area (Å²) in [6.45, 7) is 7.00. The Hall–Kier alpha value is -3.68. The largest absolute Gasteiger partial charge is 0.394 e. The number of allylic oxidation sites excluding steroid dienone is 3. The molecule has 34 heteroatoms. The molecule has 0 spiro atoms. The molecule has 0 bridgehead atoms. The topological polar surface area (TPSA) is 510 Å². The van der Waals surface area contributed by atoms with E-state index in [1.54, 1.807) is 18.2 Å². The van der Waals surface area contributed by atoms with Crippen LogP contribution in [0.4, 0.5) is 0 Å². The molecular weight excluding hydrogens is 1170 g/mol. The summed E-state index contributed by atoms with van der Waals surface area (Å²) in [6, 6.07) is -3.20. The third-order valence-corrected chi connectivity index (χ3v) is 15.6. The number of hydrazine groups is 1. The van der Waals surface area contributed by atoms with Gasteiger partial charge >= 0.3 is 0 Å². The van der Waals surface area contributed by atoms with Gasteiger partial charge < -0.3 is 139 Å². The van der Waals surface area contributed by atoms with Gasteiger partial charge in [-0.3, -0.25) is 30.0 Å². The molecule has 87 heavy (non-hydrogen) atoms. The lowest BCUT2D eigenvalue weighted by Gasteiger charge is -2.51. The molecule has 0 aromatic heterocycles. The van der Waals surface area contributed by atoms with Crippen molar-refractivity contribution in [1.29, 1.82) is 0 Å². The molecule has 6 fully saturated rings. The van der Waals surface area contributed by atoms with E-state index >= 15 is 0 Å². The van der Waals surface area contributed by atoms with Gasteiger partial charge in [-0.1, -0.05) is 31.2 Å². The Morgan fingerprint density at radius 2 is 0.851 bits per heavy atom. The maximum Gasteiger partial charge on any atom is 0.238 e. The number of amides is 4. The van der Waals surface area contributed by atoms with Gasteiger partial charge in [0, 0.05) is 33.3 Å². The molecule has 6 rings (SSSR count). The molecule has 0 unspecified atom stereocenters. The maximum absolute atomic E-state index is 12.9. The fourth-order valence-electron chi connectivity index (χ4n) is 10.7. The van der Waals surface area contributed by atoms with Gasteiger partial charge in [-0.15, -0.1) is 0 Å². The zero-order valence-electron chi connectivity index (χ0n) is 48.6. The third-order valence-electron chi connectivity index (χ3n) is 15.6. The summed E-state index contributed by atoms with van der Waals surface area (Å²) in [6.07, 6.45) is -42.3. The Morgan fingerprint density at radius 1 is 0.437 bits per heavy atom. The maximum atomic E-state index is 12.9. The predicted molar refractivity (Wildman–Crippen MR) is 285 cm³/mol. The zero-order valence-corrected chi connectivity index (χ0v) is 48.6. The van der Waals surface area contributed by atoms with E-state index < -0.39 is 222 Å². The Labute approximate surface area is 500 Å². The van der Waals surface area contributed by atoms with Gasteiger partial charge in [0.25, 0.3) is 0 Å². The lowest BCUT2D eigenvalue weighted by molar-refractivity contribution is -0.396. The number of aliphatic hydroxyl groups is 14. The Balaban J connectivity index is 1.15. The zero-order chi connectivity index (χ0) is 64.1. The summed E-state index contributed by atoms with van der Waals surface area (Å²) in [4.78, 5) is 49.3. The minimum absolute atomic E-state index is 0.0145. The quantitative estimate of drug-likeness (QED) is 0.0217. The van der Waals surface area contributed by atoms with E-state index in [0.717, 1.165) is 13.8 Å². The summed E-state index contributed by atoms with van der Waals surface area (Å²) in [5.74, 6) is -2.30. The molecule has 6 heterocycles. The van der Waals surface area contributed by atoms with E-state index in [0.29, 0.717) is 25.7 Å². The molecule has 0 saturated carbocycles. The van der Waals surface area contributed by atoms with Crippen LogP contribution in [0.15, 0.2) is 24.8 Å². The van der Waals surface area contributed by atoms with E-state index in [9.17, 15) is 90.7 Å². The van der Waals surface area contributed by atoms with Crippen molar-refractivity contribution in [3.63, 3.8) is 0 Å². The lowest BCUT2D eigenvalue weighted by atomic mass is 9.94. The molecule has 34 nitrogen and oxygen atoms in total. The number of hydrogen-bond acceptors (Lipinski definition) is 30. The predicted octanol–water partition coefficient (Wildman–Crippen LogP) is -8.48. The van der Waals surface area contributed by atoms with Crippen LogP contribution in [-0.2, 0) is 76.0 Å². The number of carbonyl (C=O) groups is 4. The van der Waals surface area contributed by atoms with Crippen LogP contribution in [0.2, 0.25) is 0 Å². The van der Waals surface area contributed by atoms with E-state index in [-0.39, 0.29) is 25.4 Å². The summed E-state index contributed by atoms with van der Waals surface area (Å²) in [5.41, 5.74) is 4.69. The van der Waals surface area contributed by atoms with Gasteiger partial charge in [-0.05, 0) is 40.0 Å². The van der Waals surface area contributed by atoms with Crippen LogP contribution in [-0.4, -0.2) is 306 Å². The van der Waals surface area contributed by atoms with Gasteiger partial charge in [0.1, 0.15) is 128 Å². The number of ether oxygens (including phenoxy) is 12. The molecule has 0 radical (unpaired) electrons. The highest BCUT2D eigenvalue weighted by molar-refractivity contribution is 5.82. The molecule has 4 amide bonds. The van der Waals surface area contributed by atoms with Crippen molar-refractivity contribution in [2.75, 3.05) is 26.4 Å². The van der Waals surface area contributed by atoms with Crippen molar-refractivity contribution in [1.82, 2.24) is 21.5 Å². The van der Waals surface area contributed by atoms with Gasteiger partial charge in [0.15, 0.2) is 37.7 Å². The van der Waals surface area contributed by atoms with E-state index in [2.05, 4.69) is 28.1 Å². The van der Waals surface area contributed by atoms with Crippen molar-refractivity contribution in [2.24, 2.45) is 0 Å². The smallest absolute Gasteiger partial charge is 0.238 e. The van der Waals surface area contributed by atoms with Gasteiger partial charge in [-0.2, -0.15) is 0 Å². The fourth-order valence-corrected chi connectivity index (χ4v) is 10.7. The van der Waals surface area contributed by atoms with E-state index in [1.165, 1.54) is 20.8 Å². The number of carbonyl (C=O) groups excluding carboxylic acids is 4. The Kier molecular flexibility index (Phi) is 27.9. The molecule has 0 aromatic carbocycles. The summed E-state index contributed by atoms with van der Waals surface area (Å²) in [7, 11) is 0. The summed E-state index contributed by atoms with van der Waals surface area (Å²) < 4.78 is 71.0. The highest BCUT2D eigenvalue weighted by Crippen LogP contribution is 2.37. The van der Waals surface area contributed by atoms with Crippen LogP contribution < -0.4 is 21.5 Å². The molecule has 6 aliphatic heterocycles. The minimum Gasteiger partial charge on any atom is -0.394 e. The van der Waals surface area contributed by atoms with Crippen molar-refractivity contribution < 1.29 is 148 Å². The van der Waals surface area contributed by atoms with Crippen molar-refractivity contribution in [3.05, 3.63) is 24.8 Å². The van der Waals surface area contributed by atoms with Crippen LogP contribution >= 0.6 is 0 Å².